The smallest absolute Gasteiger partial charge is 0.269 e. The van der Waals surface area contributed by atoms with E-state index in [1.54, 1.807) is 12.1 Å². The second-order valence-electron chi connectivity index (χ2n) is 5.72. The van der Waals surface area contributed by atoms with Crippen molar-refractivity contribution < 1.29 is 9.34 Å². The summed E-state index contributed by atoms with van der Waals surface area (Å²) in [6.45, 7) is 1.95. The fourth-order valence-electron chi connectivity index (χ4n) is 2.48. The predicted octanol–water partition coefficient (Wildman–Crippen LogP) is 3.17. The molecule has 128 valence electrons. The second kappa shape index (κ2) is 6.28. The monoisotopic (exact) mass is 358 g/mol. The number of aromatic nitrogens is 5. The summed E-state index contributed by atoms with van der Waals surface area (Å²) < 4.78 is 7.80. The van der Waals surface area contributed by atoms with Crippen LogP contribution in [0.2, 0.25) is 0 Å². The summed E-state index contributed by atoms with van der Waals surface area (Å²) in [6.07, 6.45) is 2.33. The third-order valence-electron chi connectivity index (χ3n) is 3.86. The standard InChI is InChI=1S/C15H14N6O3S/c1-9-16-19-15(20(9)11-6-7-11)25-8-13-17-18-14(24-13)10-2-4-12(5-3-10)21(22)23/h2-5,11H,6-8H2,1H3. The molecule has 9 nitrogen and oxygen atoms in total. The summed E-state index contributed by atoms with van der Waals surface area (Å²) in [5, 5.41) is 27.9. The number of nitro groups is 1. The van der Waals surface area contributed by atoms with E-state index in [1.165, 1.54) is 23.9 Å². The van der Waals surface area contributed by atoms with Crippen molar-refractivity contribution in [3.05, 3.63) is 46.1 Å². The van der Waals surface area contributed by atoms with Crippen molar-refractivity contribution in [2.75, 3.05) is 0 Å². The first-order valence-electron chi connectivity index (χ1n) is 7.73. The minimum Gasteiger partial charge on any atom is -0.420 e. The maximum absolute atomic E-state index is 10.7. The Morgan fingerprint density at radius 3 is 2.68 bits per heavy atom. The molecule has 10 heteroatoms. The Morgan fingerprint density at radius 1 is 1.24 bits per heavy atom. The number of thioether (sulfide) groups is 1. The van der Waals surface area contributed by atoms with Gasteiger partial charge >= 0.3 is 0 Å². The number of benzene rings is 1. The Balaban J connectivity index is 1.46. The van der Waals surface area contributed by atoms with E-state index in [-0.39, 0.29) is 5.69 Å². The molecule has 0 aliphatic heterocycles. The third kappa shape index (κ3) is 3.25. The van der Waals surface area contributed by atoms with Gasteiger partial charge in [-0.15, -0.1) is 20.4 Å². The molecule has 0 spiro atoms. The van der Waals surface area contributed by atoms with Crippen LogP contribution in [0.3, 0.4) is 0 Å². The van der Waals surface area contributed by atoms with Gasteiger partial charge in [0.2, 0.25) is 11.8 Å². The highest BCUT2D eigenvalue weighted by Crippen LogP contribution is 2.39. The van der Waals surface area contributed by atoms with Gasteiger partial charge in [0.25, 0.3) is 5.69 Å². The lowest BCUT2D eigenvalue weighted by molar-refractivity contribution is -0.384. The van der Waals surface area contributed by atoms with Crippen LogP contribution in [0.25, 0.3) is 11.5 Å². The van der Waals surface area contributed by atoms with E-state index < -0.39 is 4.92 Å². The third-order valence-corrected chi connectivity index (χ3v) is 4.79. The second-order valence-corrected chi connectivity index (χ2v) is 6.67. The average molecular weight is 358 g/mol. The normalized spacial score (nSPS) is 14.0. The van der Waals surface area contributed by atoms with Crippen molar-refractivity contribution >= 4 is 17.4 Å². The predicted molar refractivity (Wildman–Crippen MR) is 89.0 cm³/mol. The quantitative estimate of drug-likeness (QED) is 0.375. The number of aryl methyl sites for hydroxylation is 1. The molecule has 3 aromatic rings. The molecule has 0 unspecified atom stereocenters. The van der Waals surface area contributed by atoms with Gasteiger partial charge < -0.3 is 8.98 Å². The van der Waals surface area contributed by atoms with E-state index in [9.17, 15) is 10.1 Å². The van der Waals surface area contributed by atoms with Gasteiger partial charge in [-0.2, -0.15) is 0 Å². The number of nitrogens with zero attached hydrogens (tertiary/aromatic N) is 6. The van der Waals surface area contributed by atoms with Crippen LogP contribution in [-0.4, -0.2) is 29.9 Å². The van der Waals surface area contributed by atoms with Gasteiger partial charge in [0, 0.05) is 23.7 Å². The molecule has 1 fully saturated rings. The molecule has 2 heterocycles. The summed E-state index contributed by atoms with van der Waals surface area (Å²) in [5.74, 6) is 2.22. The van der Waals surface area contributed by atoms with Crippen LogP contribution in [0.1, 0.15) is 30.6 Å². The molecule has 1 aromatic carbocycles. The molecule has 25 heavy (non-hydrogen) atoms. The minimum atomic E-state index is -0.447. The molecule has 1 aliphatic rings. The van der Waals surface area contributed by atoms with E-state index in [2.05, 4.69) is 25.0 Å². The Hall–Kier alpha value is -2.75. The van der Waals surface area contributed by atoms with Crippen molar-refractivity contribution in [1.82, 2.24) is 25.0 Å². The summed E-state index contributed by atoms with van der Waals surface area (Å²) in [5.41, 5.74) is 0.667. The van der Waals surface area contributed by atoms with Crippen LogP contribution in [0, 0.1) is 17.0 Å². The molecule has 2 aromatic heterocycles. The fourth-order valence-corrected chi connectivity index (χ4v) is 3.37. The van der Waals surface area contributed by atoms with Crippen LogP contribution >= 0.6 is 11.8 Å². The topological polar surface area (TPSA) is 113 Å². The summed E-state index contributed by atoms with van der Waals surface area (Å²) >= 11 is 1.51. The van der Waals surface area contributed by atoms with Crippen LogP contribution in [0.5, 0.6) is 0 Å². The van der Waals surface area contributed by atoms with Crippen LogP contribution in [-0.2, 0) is 5.75 Å². The van der Waals surface area contributed by atoms with E-state index in [4.69, 9.17) is 4.42 Å². The molecular weight excluding hydrogens is 344 g/mol. The first-order valence-corrected chi connectivity index (χ1v) is 8.72. The lowest BCUT2D eigenvalue weighted by atomic mass is 10.2. The highest BCUT2D eigenvalue weighted by atomic mass is 32.2. The molecule has 0 amide bonds. The lowest BCUT2D eigenvalue weighted by Crippen LogP contribution is -1.99. The lowest BCUT2D eigenvalue weighted by Gasteiger charge is -2.04. The van der Waals surface area contributed by atoms with Crippen LogP contribution in [0.4, 0.5) is 5.69 Å². The Kier molecular flexibility index (Phi) is 3.96. The van der Waals surface area contributed by atoms with Gasteiger partial charge in [-0.1, -0.05) is 11.8 Å². The molecule has 0 atom stereocenters. The van der Waals surface area contributed by atoms with Gasteiger partial charge in [0.15, 0.2) is 5.16 Å². The number of rotatable bonds is 6. The van der Waals surface area contributed by atoms with Crippen molar-refractivity contribution in [2.45, 2.75) is 36.7 Å². The van der Waals surface area contributed by atoms with Gasteiger partial charge in [0.1, 0.15) is 5.82 Å². The number of non-ortho nitro benzene ring substituents is 1. The molecule has 1 aliphatic carbocycles. The Bertz CT molecular complexity index is 916. The molecule has 4 rings (SSSR count). The largest absolute Gasteiger partial charge is 0.420 e. The molecule has 0 N–H and O–H groups in total. The zero-order chi connectivity index (χ0) is 17.4. The van der Waals surface area contributed by atoms with Gasteiger partial charge in [-0.25, -0.2) is 0 Å². The summed E-state index contributed by atoms with van der Waals surface area (Å²) in [7, 11) is 0. The fraction of sp³-hybridized carbons (Fsp3) is 0.333. The zero-order valence-corrected chi connectivity index (χ0v) is 14.1. The van der Waals surface area contributed by atoms with Gasteiger partial charge in [-0.05, 0) is 31.9 Å². The first-order chi connectivity index (χ1) is 12.1. The minimum absolute atomic E-state index is 0.0221. The first kappa shape index (κ1) is 15.8. The molecular formula is C15H14N6O3S. The molecule has 0 radical (unpaired) electrons. The SMILES string of the molecule is Cc1nnc(SCc2nnc(-c3ccc([N+](=O)[O-])cc3)o2)n1C1CC1. The maximum Gasteiger partial charge on any atom is 0.269 e. The van der Waals surface area contributed by atoms with Crippen LogP contribution in [0.15, 0.2) is 33.8 Å². The van der Waals surface area contributed by atoms with Crippen LogP contribution < -0.4 is 0 Å². The van der Waals surface area contributed by atoms with E-state index in [0.29, 0.717) is 29.1 Å². The average Bonchev–Trinajstić information content (AvgIpc) is 3.21. The molecule has 0 saturated heterocycles. The maximum atomic E-state index is 10.7. The van der Waals surface area contributed by atoms with E-state index in [1.807, 2.05) is 6.92 Å². The van der Waals surface area contributed by atoms with Gasteiger partial charge in [0.05, 0.1) is 10.7 Å². The Morgan fingerprint density at radius 2 is 2.00 bits per heavy atom. The van der Waals surface area contributed by atoms with Gasteiger partial charge in [-0.3, -0.25) is 10.1 Å². The van der Waals surface area contributed by atoms with Crippen molar-refractivity contribution in [2.24, 2.45) is 0 Å². The highest BCUT2D eigenvalue weighted by molar-refractivity contribution is 7.98. The van der Waals surface area contributed by atoms with E-state index >= 15 is 0 Å². The summed E-state index contributed by atoms with van der Waals surface area (Å²) in [4.78, 5) is 10.2. The summed E-state index contributed by atoms with van der Waals surface area (Å²) in [6, 6.07) is 6.52. The zero-order valence-electron chi connectivity index (χ0n) is 13.3. The molecule has 1 saturated carbocycles. The van der Waals surface area contributed by atoms with E-state index in [0.717, 1.165) is 23.8 Å². The number of hydrogen-bond donors (Lipinski definition) is 0. The molecule has 0 bridgehead atoms. The number of nitro benzene ring substituents is 1. The van der Waals surface area contributed by atoms with Crippen molar-refractivity contribution in [1.29, 1.82) is 0 Å². The van der Waals surface area contributed by atoms with Crippen molar-refractivity contribution in [3.63, 3.8) is 0 Å². The highest BCUT2D eigenvalue weighted by Gasteiger charge is 2.28. The number of hydrogen-bond acceptors (Lipinski definition) is 8. The van der Waals surface area contributed by atoms with Crippen molar-refractivity contribution in [3.8, 4) is 11.5 Å². The Labute approximate surface area is 146 Å².